The Bertz CT molecular complexity index is 524. The smallest absolute Gasteiger partial charge is 0.242 e. The second-order valence-electron chi connectivity index (χ2n) is 5.08. The zero-order valence-electron chi connectivity index (χ0n) is 10.9. The van der Waals surface area contributed by atoms with Gasteiger partial charge in [-0.25, -0.2) is 13.1 Å². The fourth-order valence-electron chi connectivity index (χ4n) is 2.40. The standard InChI is InChI=1S/C12H21N3O2S/c1-3-12(5-4-6-12)14-18(16,17)11-7-10(8-13)15(2)9-11/h7,9,14H,3-6,8,13H2,1-2H3. The van der Waals surface area contributed by atoms with Crippen molar-refractivity contribution in [2.75, 3.05) is 0 Å². The van der Waals surface area contributed by atoms with E-state index in [9.17, 15) is 8.42 Å². The maximum atomic E-state index is 12.3. The van der Waals surface area contributed by atoms with Crippen molar-refractivity contribution in [3.05, 3.63) is 18.0 Å². The zero-order chi connectivity index (χ0) is 13.4. The molecule has 102 valence electrons. The molecule has 1 heterocycles. The van der Waals surface area contributed by atoms with Crippen LogP contribution in [0.3, 0.4) is 0 Å². The number of rotatable bonds is 5. The molecule has 0 aromatic carbocycles. The Morgan fingerprint density at radius 3 is 2.56 bits per heavy atom. The number of nitrogens with one attached hydrogen (secondary N) is 1. The van der Waals surface area contributed by atoms with Crippen LogP contribution >= 0.6 is 0 Å². The highest BCUT2D eigenvalue weighted by molar-refractivity contribution is 7.89. The number of aryl methyl sites for hydroxylation is 1. The molecule has 1 saturated carbocycles. The van der Waals surface area contributed by atoms with Crippen molar-refractivity contribution in [1.29, 1.82) is 0 Å². The van der Waals surface area contributed by atoms with Crippen LogP contribution in [-0.4, -0.2) is 18.5 Å². The first kappa shape index (κ1) is 13.6. The van der Waals surface area contributed by atoms with Crippen molar-refractivity contribution in [3.63, 3.8) is 0 Å². The minimum atomic E-state index is -3.43. The van der Waals surface area contributed by atoms with Gasteiger partial charge < -0.3 is 10.3 Å². The Hall–Kier alpha value is -0.850. The van der Waals surface area contributed by atoms with E-state index in [1.54, 1.807) is 23.9 Å². The minimum absolute atomic E-state index is 0.225. The largest absolute Gasteiger partial charge is 0.352 e. The van der Waals surface area contributed by atoms with E-state index in [1.807, 2.05) is 6.92 Å². The molecule has 1 aromatic rings. The van der Waals surface area contributed by atoms with Crippen molar-refractivity contribution < 1.29 is 8.42 Å². The number of nitrogens with two attached hydrogens (primary N) is 1. The summed E-state index contributed by atoms with van der Waals surface area (Å²) in [6.07, 6.45) is 5.41. The predicted molar refractivity (Wildman–Crippen MR) is 70.5 cm³/mol. The molecule has 0 saturated heterocycles. The molecular formula is C12H21N3O2S. The van der Waals surface area contributed by atoms with Crippen LogP contribution in [0.5, 0.6) is 0 Å². The molecule has 0 radical (unpaired) electrons. The lowest BCUT2D eigenvalue weighted by Gasteiger charge is -2.41. The highest BCUT2D eigenvalue weighted by Gasteiger charge is 2.39. The first-order valence-corrected chi connectivity index (χ1v) is 7.80. The molecule has 5 nitrogen and oxygen atoms in total. The predicted octanol–water partition coefficient (Wildman–Crippen LogP) is 1.09. The summed E-state index contributed by atoms with van der Waals surface area (Å²) < 4.78 is 29.2. The molecule has 3 N–H and O–H groups in total. The van der Waals surface area contributed by atoms with Crippen molar-refractivity contribution in [3.8, 4) is 0 Å². The van der Waals surface area contributed by atoms with Gasteiger partial charge in [-0.1, -0.05) is 6.92 Å². The van der Waals surface area contributed by atoms with Crippen molar-refractivity contribution >= 4 is 10.0 Å². The van der Waals surface area contributed by atoms with Gasteiger partial charge in [-0.2, -0.15) is 0 Å². The highest BCUT2D eigenvalue weighted by Crippen LogP contribution is 2.36. The molecule has 1 aliphatic rings. The number of hydrogen-bond donors (Lipinski definition) is 2. The van der Waals surface area contributed by atoms with E-state index in [0.717, 1.165) is 31.4 Å². The number of hydrogen-bond acceptors (Lipinski definition) is 3. The van der Waals surface area contributed by atoms with Gasteiger partial charge in [0, 0.05) is 31.0 Å². The Morgan fingerprint density at radius 1 is 1.50 bits per heavy atom. The third-order valence-electron chi connectivity index (χ3n) is 3.94. The van der Waals surface area contributed by atoms with E-state index in [2.05, 4.69) is 4.72 Å². The molecule has 0 atom stereocenters. The van der Waals surface area contributed by atoms with Crippen molar-refractivity contribution in [2.45, 2.75) is 49.6 Å². The lowest BCUT2D eigenvalue weighted by Crippen LogP contribution is -2.52. The average Bonchev–Trinajstić information content (AvgIpc) is 2.66. The molecule has 1 aliphatic carbocycles. The molecule has 0 unspecified atom stereocenters. The zero-order valence-corrected chi connectivity index (χ0v) is 11.8. The van der Waals surface area contributed by atoms with Crippen LogP contribution in [-0.2, 0) is 23.6 Å². The van der Waals surface area contributed by atoms with Crippen LogP contribution in [0.25, 0.3) is 0 Å². The summed E-state index contributed by atoms with van der Waals surface area (Å²) in [7, 11) is -1.62. The number of sulfonamides is 1. The molecule has 1 fully saturated rings. The summed E-state index contributed by atoms with van der Waals surface area (Å²) in [5.74, 6) is 0. The van der Waals surface area contributed by atoms with Gasteiger partial charge in [0.15, 0.2) is 0 Å². The second-order valence-corrected chi connectivity index (χ2v) is 6.76. The summed E-state index contributed by atoms with van der Waals surface area (Å²) in [5.41, 5.74) is 6.15. The Kier molecular flexibility index (Phi) is 3.53. The molecule has 2 rings (SSSR count). The van der Waals surface area contributed by atoms with Crippen LogP contribution < -0.4 is 10.5 Å². The van der Waals surface area contributed by atoms with Gasteiger partial charge in [-0.15, -0.1) is 0 Å². The summed E-state index contributed by atoms with van der Waals surface area (Å²) >= 11 is 0. The normalized spacial score (nSPS) is 18.6. The molecule has 0 amide bonds. The van der Waals surface area contributed by atoms with Gasteiger partial charge in [0.1, 0.15) is 0 Å². The first-order valence-electron chi connectivity index (χ1n) is 6.32. The molecular weight excluding hydrogens is 250 g/mol. The van der Waals surface area contributed by atoms with Gasteiger partial charge in [0.05, 0.1) is 4.90 Å². The second kappa shape index (κ2) is 4.68. The number of aromatic nitrogens is 1. The first-order chi connectivity index (χ1) is 8.42. The van der Waals surface area contributed by atoms with Gasteiger partial charge >= 0.3 is 0 Å². The third-order valence-corrected chi connectivity index (χ3v) is 5.49. The van der Waals surface area contributed by atoms with Crippen LogP contribution in [0.2, 0.25) is 0 Å². The summed E-state index contributed by atoms with van der Waals surface area (Å²) in [6, 6.07) is 1.64. The van der Waals surface area contributed by atoms with Crippen molar-refractivity contribution in [2.24, 2.45) is 12.8 Å². The topological polar surface area (TPSA) is 77.1 Å². The lowest BCUT2D eigenvalue weighted by molar-refractivity contribution is 0.214. The molecule has 0 spiro atoms. The third kappa shape index (κ3) is 2.32. The van der Waals surface area contributed by atoms with Gasteiger partial charge in [0.25, 0.3) is 0 Å². The van der Waals surface area contributed by atoms with Crippen LogP contribution in [0.15, 0.2) is 17.2 Å². The van der Waals surface area contributed by atoms with Crippen LogP contribution in [0.4, 0.5) is 0 Å². The molecule has 0 aliphatic heterocycles. The maximum Gasteiger partial charge on any atom is 0.242 e. The van der Waals surface area contributed by atoms with Crippen molar-refractivity contribution in [1.82, 2.24) is 9.29 Å². The Labute approximate surface area is 108 Å². The van der Waals surface area contributed by atoms with Crippen LogP contribution in [0.1, 0.15) is 38.3 Å². The maximum absolute atomic E-state index is 12.3. The fraction of sp³-hybridized carbons (Fsp3) is 0.667. The highest BCUT2D eigenvalue weighted by atomic mass is 32.2. The molecule has 6 heteroatoms. The summed E-state index contributed by atoms with van der Waals surface area (Å²) in [5, 5.41) is 0. The number of nitrogens with zero attached hydrogens (tertiary/aromatic N) is 1. The van der Waals surface area contributed by atoms with E-state index >= 15 is 0 Å². The molecule has 0 bridgehead atoms. The SMILES string of the molecule is CCC1(NS(=O)(=O)c2cc(CN)n(C)c2)CCC1. The van der Waals surface area contributed by atoms with Crippen LogP contribution in [0, 0.1) is 0 Å². The van der Waals surface area contributed by atoms with E-state index in [0.29, 0.717) is 11.4 Å². The molecule has 18 heavy (non-hydrogen) atoms. The fourth-order valence-corrected chi connectivity index (χ4v) is 4.03. The summed E-state index contributed by atoms with van der Waals surface area (Å²) in [4.78, 5) is 0.310. The summed E-state index contributed by atoms with van der Waals surface area (Å²) in [6.45, 7) is 2.36. The quantitative estimate of drug-likeness (QED) is 0.841. The van der Waals surface area contributed by atoms with E-state index in [4.69, 9.17) is 5.73 Å². The monoisotopic (exact) mass is 271 g/mol. The van der Waals surface area contributed by atoms with Gasteiger partial charge in [-0.3, -0.25) is 0 Å². The Balaban J connectivity index is 2.25. The van der Waals surface area contributed by atoms with Gasteiger partial charge in [0.2, 0.25) is 10.0 Å². The van der Waals surface area contributed by atoms with Gasteiger partial charge in [-0.05, 0) is 31.7 Å². The average molecular weight is 271 g/mol. The Morgan fingerprint density at radius 2 is 2.17 bits per heavy atom. The molecule has 1 aromatic heterocycles. The van der Waals surface area contributed by atoms with E-state index < -0.39 is 10.0 Å². The minimum Gasteiger partial charge on any atom is -0.352 e. The lowest BCUT2D eigenvalue weighted by atomic mass is 9.76. The van der Waals surface area contributed by atoms with E-state index in [1.165, 1.54) is 0 Å². The van der Waals surface area contributed by atoms with E-state index in [-0.39, 0.29) is 5.54 Å².